The molecular weight excluding hydrogens is 318 g/mol. The van der Waals surface area contributed by atoms with Crippen molar-refractivity contribution in [2.45, 2.75) is 20.4 Å². The van der Waals surface area contributed by atoms with Gasteiger partial charge in [0, 0.05) is 5.56 Å². The summed E-state index contributed by atoms with van der Waals surface area (Å²) in [4.78, 5) is 16.2. The molecule has 2 aromatic carbocycles. The van der Waals surface area contributed by atoms with E-state index in [0.717, 1.165) is 11.1 Å². The predicted molar refractivity (Wildman–Crippen MR) is 93.0 cm³/mol. The molecule has 0 spiro atoms. The van der Waals surface area contributed by atoms with Gasteiger partial charge in [0.15, 0.2) is 6.61 Å². The standard InChI is InChI=1S/C19H19N3O3/c1-13-8-9-16(10-14(13)2)24-12-17(23)20-11-18-21-19(22-25-18)15-6-4-3-5-7-15/h3-10H,11-12H2,1-2H3,(H,20,23). The first-order valence-corrected chi connectivity index (χ1v) is 7.96. The second-order valence-corrected chi connectivity index (χ2v) is 5.69. The third-order valence-electron chi connectivity index (χ3n) is 3.79. The Morgan fingerprint density at radius 3 is 2.68 bits per heavy atom. The molecule has 25 heavy (non-hydrogen) atoms. The second-order valence-electron chi connectivity index (χ2n) is 5.69. The first-order chi connectivity index (χ1) is 12.1. The fourth-order valence-corrected chi connectivity index (χ4v) is 2.21. The van der Waals surface area contributed by atoms with Crippen LogP contribution in [-0.4, -0.2) is 22.7 Å². The van der Waals surface area contributed by atoms with E-state index in [-0.39, 0.29) is 19.1 Å². The molecule has 0 fully saturated rings. The molecule has 3 aromatic rings. The maximum absolute atomic E-state index is 11.9. The van der Waals surface area contributed by atoms with Gasteiger partial charge in [0.1, 0.15) is 5.75 Å². The number of hydrogen-bond donors (Lipinski definition) is 1. The van der Waals surface area contributed by atoms with E-state index in [1.54, 1.807) is 0 Å². The summed E-state index contributed by atoms with van der Waals surface area (Å²) >= 11 is 0. The molecule has 1 aromatic heterocycles. The lowest BCUT2D eigenvalue weighted by molar-refractivity contribution is -0.123. The summed E-state index contributed by atoms with van der Waals surface area (Å²) in [5.74, 6) is 1.26. The highest BCUT2D eigenvalue weighted by Gasteiger charge is 2.10. The third kappa shape index (κ3) is 4.44. The van der Waals surface area contributed by atoms with Gasteiger partial charge < -0.3 is 14.6 Å². The number of carbonyl (C=O) groups is 1. The quantitative estimate of drug-likeness (QED) is 0.748. The van der Waals surface area contributed by atoms with Gasteiger partial charge in [0.2, 0.25) is 11.7 Å². The van der Waals surface area contributed by atoms with Crippen LogP contribution in [-0.2, 0) is 11.3 Å². The highest BCUT2D eigenvalue weighted by atomic mass is 16.5. The molecule has 0 saturated carbocycles. The van der Waals surface area contributed by atoms with Gasteiger partial charge in [-0.1, -0.05) is 41.6 Å². The highest BCUT2D eigenvalue weighted by molar-refractivity contribution is 5.77. The van der Waals surface area contributed by atoms with E-state index < -0.39 is 0 Å². The van der Waals surface area contributed by atoms with Crippen LogP contribution in [0.5, 0.6) is 5.75 Å². The number of rotatable bonds is 6. The molecule has 0 saturated heterocycles. The number of ether oxygens (including phenoxy) is 1. The molecule has 0 aliphatic heterocycles. The summed E-state index contributed by atoms with van der Waals surface area (Å²) < 4.78 is 10.6. The van der Waals surface area contributed by atoms with Crippen LogP contribution in [0.25, 0.3) is 11.4 Å². The maximum Gasteiger partial charge on any atom is 0.258 e. The average molecular weight is 337 g/mol. The summed E-state index contributed by atoms with van der Waals surface area (Å²) in [5, 5.41) is 6.61. The lowest BCUT2D eigenvalue weighted by atomic mass is 10.1. The number of carbonyl (C=O) groups excluding carboxylic acids is 1. The minimum atomic E-state index is -0.252. The zero-order chi connectivity index (χ0) is 17.6. The summed E-state index contributed by atoms with van der Waals surface area (Å²) in [6, 6.07) is 15.2. The Morgan fingerprint density at radius 1 is 1.12 bits per heavy atom. The molecule has 0 unspecified atom stereocenters. The molecule has 1 N–H and O–H groups in total. The predicted octanol–water partition coefficient (Wildman–Crippen LogP) is 3.05. The topological polar surface area (TPSA) is 77.2 Å². The molecule has 6 heteroatoms. The molecule has 0 bridgehead atoms. The van der Waals surface area contributed by atoms with Crippen LogP contribution < -0.4 is 10.1 Å². The number of nitrogens with zero attached hydrogens (tertiary/aromatic N) is 2. The fourth-order valence-electron chi connectivity index (χ4n) is 2.21. The summed E-state index contributed by atoms with van der Waals surface area (Å²) in [7, 11) is 0. The highest BCUT2D eigenvalue weighted by Crippen LogP contribution is 2.16. The fraction of sp³-hybridized carbons (Fsp3) is 0.211. The number of benzene rings is 2. The van der Waals surface area contributed by atoms with Crippen LogP contribution in [0.4, 0.5) is 0 Å². The first kappa shape index (κ1) is 16.7. The van der Waals surface area contributed by atoms with Crippen molar-refractivity contribution in [3.63, 3.8) is 0 Å². The molecule has 1 amide bonds. The van der Waals surface area contributed by atoms with Crippen LogP contribution >= 0.6 is 0 Å². The zero-order valence-electron chi connectivity index (χ0n) is 14.2. The summed E-state index contributed by atoms with van der Waals surface area (Å²) in [6.45, 7) is 4.12. The van der Waals surface area contributed by atoms with Crippen LogP contribution in [0.3, 0.4) is 0 Å². The van der Waals surface area contributed by atoms with Gasteiger partial charge >= 0.3 is 0 Å². The Kier molecular flexibility index (Phi) is 5.09. The van der Waals surface area contributed by atoms with Crippen LogP contribution in [0, 0.1) is 13.8 Å². The third-order valence-corrected chi connectivity index (χ3v) is 3.79. The van der Waals surface area contributed by atoms with E-state index in [4.69, 9.17) is 9.26 Å². The molecule has 128 valence electrons. The molecule has 0 aliphatic rings. The van der Waals surface area contributed by atoms with Crippen molar-refractivity contribution in [1.82, 2.24) is 15.5 Å². The number of nitrogens with one attached hydrogen (secondary N) is 1. The average Bonchev–Trinajstić information content (AvgIpc) is 3.11. The van der Waals surface area contributed by atoms with Gasteiger partial charge in [-0.3, -0.25) is 4.79 Å². The Hall–Kier alpha value is -3.15. The number of hydrogen-bond acceptors (Lipinski definition) is 5. The van der Waals surface area contributed by atoms with Gasteiger partial charge in [-0.2, -0.15) is 4.98 Å². The summed E-state index contributed by atoms with van der Waals surface area (Å²) in [5.41, 5.74) is 3.17. The monoisotopic (exact) mass is 337 g/mol. The van der Waals surface area contributed by atoms with Crippen molar-refractivity contribution in [1.29, 1.82) is 0 Å². The van der Waals surface area contributed by atoms with Crippen LogP contribution in [0.1, 0.15) is 17.0 Å². The summed E-state index contributed by atoms with van der Waals surface area (Å²) in [6.07, 6.45) is 0. The molecule has 6 nitrogen and oxygen atoms in total. The second kappa shape index (κ2) is 7.61. The molecule has 0 radical (unpaired) electrons. The SMILES string of the molecule is Cc1ccc(OCC(=O)NCc2nc(-c3ccccc3)no2)cc1C. The normalized spacial score (nSPS) is 10.5. The van der Waals surface area contributed by atoms with Crippen molar-refractivity contribution in [2.24, 2.45) is 0 Å². The Labute approximate surface area is 145 Å². The van der Waals surface area contributed by atoms with Crippen molar-refractivity contribution in [3.8, 4) is 17.1 Å². The molecule has 0 aliphatic carbocycles. The van der Waals surface area contributed by atoms with E-state index in [9.17, 15) is 4.79 Å². The number of aromatic nitrogens is 2. The van der Waals surface area contributed by atoms with Crippen molar-refractivity contribution >= 4 is 5.91 Å². The minimum Gasteiger partial charge on any atom is -0.484 e. The van der Waals surface area contributed by atoms with Gasteiger partial charge in [0.25, 0.3) is 5.91 Å². The lowest BCUT2D eigenvalue weighted by Crippen LogP contribution is -2.28. The van der Waals surface area contributed by atoms with Gasteiger partial charge in [0.05, 0.1) is 6.54 Å². The molecule has 0 atom stereocenters. The zero-order valence-corrected chi connectivity index (χ0v) is 14.2. The first-order valence-electron chi connectivity index (χ1n) is 7.96. The van der Waals surface area contributed by atoms with E-state index in [0.29, 0.717) is 17.5 Å². The lowest BCUT2D eigenvalue weighted by Gasteiger charge is -2.08. The number of amides is 1. The van der Waals surface area contributed by atoms with Crippen molar-refractivity contribution in [3.05, 3.63) is 65.5 Å². The van der Waals surface area contributed by atoms with E-state index >= 15 is 0 Å². The van der Waals surface area contributed by atoms with E-state index in [2.05, 4.69) is 15.5 Å². The van der Waals surface area contributed by atoms with Gasteiger partial charge in [-0.15, -0.1) is 0 Å². The molecular formula is C19H19N3O3. The largest absolute Gasteiger partial charge is 0.484 e. The van der Waals surface area contributed by atoms with Crippen LogP contribution in [0.2, 0.25) is 0 Å². The van der Waals surface area contributed by atoms with Crippen molar-refractivity contribution in [2.75, 3.05) is 6.61 Å². The smallest absolute Gasteiger partial charge is 0.258 e. The maximum atomic E-state index is 11.9. The minimum absolute atomic E-state index is 0.0673. The van der Waals surface area contributed by atoms with Gasteiger partial charge in [-0.25, -0.2) is 0 Å². The Bertz CT molecular complexity index is 859. The van der Waals surface area contributed by atoms with E-state index in [1.165, 1.54) is 5.56 Å². The van der Waals surface area contributed by atoms with Gasteiger partial charge in [-0.05, 0) is 37.1 Å². The van der Waals surface area contributed by atoms with Crippen LogP contribution in [0.15, 0.2) is 53.1 Å². The van der Waals surface area contributed by atoms with E-state index in [1.807, 2.05) is 62.4 Å². The molecule has 3 rings (SSSR count). The number of aryl methyl sites for hydroxylation is 2. The molecule has 1 heterocycles. The Morgan fingerprint density at radius 2 is 1.92 bits per heavy atom. The Balaban J connectivity index is 1.49. The van der Waals surface area contributed by atoms with Crippen molar-refractivity contribution < 1.29 is 14.1 Å².